The number of carbonyl (C=O) groups is 2. The standard InChI is InChI=1S/C18H16Cl2N2O4S/c1-18(12-3-2-4-14(20)11-12)16(23)22(17(24)21-18)9-10-27(25,26)15-7-5-13(19)6-8-15/h2-8,11H,9-10H2,1H3,(H,21,24). The lowest BCUT2D eigenvalue weighted by molar-refractivity contribution is -0.130. The van der Waals surface area contributed by atoms with Gasteiger partial charge in [0.1, 0.15) is 5.54 Å². The van der Waals surface area contributed by atoms with Crippen LogP contribution in [0.4, 0.5) is 4.79 Å². The molecule has 3 amide bonds. The monoisotopic (exact) mass is 426 g/mol. The van der Waals surface area contributed by atoms with Crippen LogP contribution in [0.2, 0.25) is 10.0 Å². The third-order valence-corrected chi connectivity index (χ3v) is 6.63. The Morgan fingerprint density at radius 2 is 1.70 bits per heavy atom. The zero-order chi connectivity index (χ0) is 19.8. The van der Waals surface area contributed by atoms with E-state index in [2.05, 4.69) is 5.32 Å². The molecule has 9 heteroatoms. The number of imide groups is 1. The number of hydrogen-bond acceptors (Lipinski definition) is 4. The summed E-state index contributed by atoms with van der Waals surface area (Å²) in [5.74, 6) is -0.916. The first-order valence-electron chi connectivity index (χ1n) is 8.02. The average molecular weight is 427 g/mol. The molecule has 1 aliphatic heterocycles. The van der Waals surface area contributed by atoms with E-state index in [0.29, 0.717) is 15.6 Å². The number of nitrogens with one attached hydrogen (secondary N) is 1. The number of urea groups is 1. The maximum atomic E-state index is 12.8. The topological polar surface area (TPSA) is 83.6 Å². The van der Waals surface area contributed by atoms with Gasteiger partial charge in [0.05, 0.1) is 10.6 Å². The molecule has 0 aromatic heterocycles. The highest BCUT2D eigenvalue weighted by Crippen LogP contribution is 2.30. The van der Waals surface area contributed by atoms with Gasteiger partial charge in [0.2, 0.25) is 0 Å². The number of nitrogens with zero attached hydrogens (tertiary/aromatic N) is 1. The maximum Gasteiger partial charge on any atom is 0.325 e. The van der Waals surface area contributed by atoms with Crippen molar-refractivity contribution in [2.24, 2.45) is 0 Å². The SMILES string of the molecule is CC1(c2cccc(Cl)c2)NC(=O)N(CCS(=O)(=O)c2ccc(Cl)cc2)C1=O. The van der Waals surface area contributed by atoms with Gasteiger partial charge >= 0.3 is 6.03 Å². The van der Waals surface area contributed by atoms with Crippen molar-refractivity contribution in [2.45, 2.75) is 17.4 Å². The lowest BCUT2D eigenvalue weighted by Gasteiger charge is -2.22. The van der Waals surface area contributed by atoms with Crippen molar-refractivity contribution >= 4 is 45.0 Å². The summed E-state index contributed by atoms with van der Waals surface area (Å²) in [5, 5.41) is 3.47. The first kappa shape index (κ1) is 19.7. The zero-order valence-electron chi connectivity index (χ0n) is 14.3. The number of sulfone groups is 1. The van der Waals surface area contributed by atoms with Crippen LogP contribution in [0.25, 0.3) is 0 Å². The molecule has 3 rings (SSSR count). The minimum absolute atomic E-state index is 0.0801. The van der Waals surface area contributed by atoms with Crippen LogP contribution >= 0.6 is 23.2 Å². The molecular formula is C18H16Cl2N2O4S. The highest BCUT2D eigenvalue weighted by atomic mass is 35.5. The van der Waals surface area contributed by atoms with E-state index in [4.69, 9.17) is 23.2 Å². The molecule has 1 atom stereocenters. The quantitative estimate of drug-likeness (QED) is 0.743. The minimum Gasteiger partial charge on any atom is -0.319 e. The van der Waals surface area contributed by atoms with Crippen LogP contribution in [0.3, 0.4) is 0 Å². The van der Waals surface area contributed by atoms with Crippen LogP contribution in [-0.2, 0) is 20.2 Å². The predicted molar refractivity (Wildman–Crippen MR) is 103 cm³/mol. The Kier molecular flexibility index (Phi) is 5.20. The summed E-state index contributed by atoms with van der Waals surface area (Å²) in [6, 6.07) is 11.7. The Labute approximate surface area is 167 Å². The van der Waals surface area contributed by atoms with Crippen molar-refractivity contribution in [1.29, 1.82) is 0 Å². The normalized spacial score (nSPS) is 20.0. The third kappa shape index (κ3) is 3.81. The molecule has 1 heterocycles. The summed E-state index contributed by atoms with van der Waals surface area (Å²) in [5.41, 5.74) is -0.775. The molecule has 0 bridgehead atoms. The molecule has 1 aliphatic rings. The van der Waals surface area contributed by atoms with Gasteiger partial charge in [-0.2, -0.15) is 0 Å². The van der Waals surface area contributed by atoms with E-state index in [9.17, 15) is 18.0 Å². The second-order valence-electron chi connectivity index (χ2n) is 6.30. The van der Waals surface area contributed by atoms with Gasteiger partial charge < -0.3 is 5.32 Å². The Balaban J connectivity index is 1.79. The van der Waals surface area contributed by atoms with Crippen LogP contribution in [-0.4, -0.2) is 37.6 Å². The molecule has 1 unspecified atom stereocenters. The second kappa shape index (κ2) is 7.14. The number of benzene rings is 2. The fourth-order valence-corrected chi connectivity index (χ4v) is 4.39. The molecule has 0 radical (unpaired) electrons. The Hall–Kier alpha value is -2.09. The minimum atomic E-state index is -3.67. The van der Waals surface area contributed by atoms with E-state index in [1.54, 1.807) is 31.2 Å². The van der Waals surface area contributed by atoms with Crippen molar-refractivity contribution in [3.8, 4) is 0 Å². The van der Waals surface area contributed by atoms with Crippen LogP contribution in [0.1, 0.15) is 12.5 Å². The fraction of sp³-hybridized carbons (Fsp3) is 0.222. The van der Waals surface area contributed by atoms with E-state index in [-0.39, 0.29) is 17.2 Å². The lowest BCUT2D eigenvalue weighted by Crippen LogP contribution is -2.41. The first-order valence-corrected chi connectivity index (χ1v) is 10.4. The van der Waals surface area contributed by atoms with E-state index >= 15 is 0 Å². The number of hydrogen-bond donors (Lipinski definition) is 1. The van der Waals surface area contributed by atoms with Gasteiger partial charge in [0, 0.05) is 16.6 Å². The van der Waals surface area contributed by atoms with Crippen molar-refractivity contribution < 1.29 is 18.0 Å². The largest absolute Gasteiger partial charge is 0.325 e. The van der Waals surface area contributed by atoms with Crippen molar-refractivity contribution in [3.63, 3.8) is 0 Å². The van der Waals surface area contributed by atoms with Gasteiger partial charge in [-0.05, 0) is 48.9 Å². The molecule has 27 heavy (non-hydrogen) atoms. The lowest BCUT2D eigenvalue weighted by atomic mass is 9.92. The van der Waals surface area contributed by atoms with Gasteiger partial charge in [0.15, 0.2) is 9.84 Å². The molecule has 0 spiro atoms. The fourth-order valence-electron chi connectivity index (χ4n) is 2.87. The molecular weight excluding hydrogens is 411 g/mol. The third-order valence-electron chi connectivity index (χ3n) is 4.43. The average Bonchev–Trinajstić information content (AvgIpc) is 2.83. The summed E-state index contributed by atoms with van der Waals surface area (Å²) in [6.07, 6.45) is 0. The van der Waals surface area contributed by atoms with E-state index in [1.807, 2.05) is 0 Å². The zero-order valence-corrected chi connectivity index (χ0v) is 16.6. The van der Waals surface area contributed by atoms with Gasteiger partial charge in [0.25, 0.3) is 5.91 Å². The maximum absolute atomic E-state index is 12.8. The first-order chi connectivity index (χ1) is 12.6. The Bertz CT molecular complexity index is 1010. The van der Waals surface area contributed by atoms with Gasteiger partial charge in [-0.3, -0.25) is 9.69 Å². The number of rotatable bonds is 5. The van der Waals surface area contributed by atoms with Crippen LogP contribution < -0.4 is 5.32 Å². The van der Waals surface area contributed by atoms with E-state index in [1.165, 1.54) is 24.3 Å². The summed E-state index contributed by atoms with van der Waals surface area (Å²) in [4.78, 5) is 26.1. The number of amides is 3. The Morgan fingerprint density at radius 1 is 1.04 bits per heavy atom. The number of halogens is 2. The van der Waals surface area contributed by atoms with Crippen molar-refractivity contribution in [1.82, 2.24) is 10.2 Å². The highest BCUT2D eigenvalue weighted by molar-refractivity contribution is 7.91. The van der Waals surface area contributed by atoms with Crippen LogP contribution in [0.15, 0.2) is 53.4 Å². The van der Waals surface area contributed by atoms with Gasteiger partial charge in [-0.1, -0.05) is 35.3 Å². The summed E-state index contributed by atoms with van der Waals surface area (Å²) < 4.78 is 24.9. The molecule has 1 N–H and O–H groups in total. The molecule has 2 aromatic rings. The van der Waals surface area contributed by atoms with Crippen LogP contribution in [0, 0.1) is 0 Å². The molecule has 0 saturated carbocycles. The van der Waals surface area contributed by atoms with E-state index in [0.717, 1.165) is 4.90 Å². The van der Waals surface area contributed by atoms with Crippen LogP contribution in [0.5, 0.6) is 0 Å². The highest BCUT2D eigenvalue weighted by Gasteiger charge is 2.49. The second-order valence-corrected chi connectivity index (χ2v) is 9.28. The van der Waals surface area contributed by atoms with Crippen molar-refractivity contribution in [3.05, 3.63) is 64.1 Å². The summed E-state index contributed by atoms with van der Waals surface area (Å²) >= 11 is 11.8. The predicted octanol–water partition coefficient (Wildman–Crippen LogP) is 3.23. The molecule has 1 saturated heterocycles. The van der Waals surface area contributed by atoms with E-state index < -0.39 is 27.3 Å². The van der Waals surface area contributed by atoms with Crippen molar-refractivity contribution in [2.75, 3.05) is 12.3 Å². The molecule has 1 fully saturated rings. The molecule has 6 nitrogen and oxygen atoms in total. The summed E-state index contributed by atoms with van der Waals surface area (Å²) in [6.45, 7) is 1.30. The number of carbonyl (C=O) groups excluding carboxylic acids is 2. The van der Waals surface area contributed by atoms with Gasteiger partial charge in [-0.15, -0.1) is 0 Å². The van der Waals surface area contributed by atoms with Gasteiger partial charge in [-0.25, -0.2) is 13.2 Å². The smallest absolute Gasteiger partial charge is 0.319 e. The molecule has 2 aromatic carbocycles. The Morgan fingerprint density at radius 3 is 2.33 bits per heavy atom. The molecule has 0 aliphatic carbocycles. The summed E-state index contributed by atoms with van der Waals surface area (Å²) in [7, 11) is -3.67. The molecule has 142 valence electrons.